The van der Waals surface area contributed by atoms with E-state index < -0.39 is 0 Å². The standard InChI is InChI=1S/C5H5BBr2S/c1-2-4(7)3(6)5(8)9-2/h6H2,1H3. The van der Waals surface area contributed by atoms with Crippen LogP contribution in [0.4, 0.5) is 0 Å². The summed E-state index contributed by atoms with van der Waals surface area (Å²) in [5.74, 6) is 0. The molecule has 4 heteroatoms. The van der Waals surface area contributed by atoms with Crippen LogP contribution in [0.5, 0.6) is 0 Å². The van der Waals surface area contributed by atoms with Crippen molar-refractivity contribution in [2.24, 2.45) is 0 Å². The van der Waals surface area contributed by atoms with Crippen LogP contribution in [0, 0.1) is 6.92 Å². The van der Waals surface area contributed by atoms with Crippen molar-refractivity contribution in [1.82, 2.24) is 0 Å². The van der Waals surface area contributed by atoms with E-state index in [9.17, 15) is 0 Å². The maximum absolute atomic E-state index is 3.48. The molecule has 0 saturated carbocycles. The molecule has 0 bridgehead atoms. The average molecular weight is 268 g/mol. The van der Waals surface area contributed by atoms with Crippen LogP contribution < -0.4 is 5.46 Å². The maximum Gasteiger partial charge on any atom is 0.143 e. The van der Waals surface area contributed by atoms with Gasteiger partial charge in [0.1, 0.15) is 7.85 Å². The monoisotopic (exact) mass is 266 g/mol. The summed E-state index contributed by atoms with van der Waals surface area (Å²) in [5, 5.41) is 0. The van der Waals surface area contributed by atoms with Gasteiger partial charge >= 0.3 is 0 Å². The lowest BCUT2D eigenvalue weighted by molar-refractivity contribution is 1.61. The summed E-state index contributed by atoms with van der Waals surface area (Å²) in [7, 11) is 2.09. The third-order valence-electron chi connectivity index (χ3n) is 1.18. The molecule has 0 radical (unpaired) electrons. The number of aryl methyl sites for hydroxylation is 1. The van der Waals surface area contributed by atoms with Crippen molar-refractivity contribution >= 4 is 56.5 Å². The van der Waals surface area contributed by atoms with E-state index in [2.05, 4.69) is 46.6 Å². The highest BCUT2D eigenvalue weighted by Gasteiger charge is 2.05. The quantitative estimate of drug-likeness (QED) is 0.630. The van der Waals surface area contributed by atoms with Crippen molar-refractivity contribution in [2.75, 3.05) is 0 Å². The highest BCUT2D eigenvalue weighted by atomic mass is 79.9. The third-order valence-corrected chi connectivity index (χ3v) is 4.70. The molecule has 0 aliphatic rings. The molecule has 0 saturated heterocycles. The van der Waals surface area contributed by atoms with E-state index in [-0.39, 0.29) is 0 Å². The molecule has 0 aliphatic heterocycles. The van der Waals surface area contributed by atoms with Gasteiger partial charge in [-0.1, -0.05) is 21.4 Å². The predicted molar refractivity (Wildman–Crippen MR) is 52.6 cm³/mol. The number of thiophene rings is 1. The Labute approximate surface area is 76.3 Å². The molecule has 0 nitrogen and oxygen atoms in total. The van der Waals surface area contributed by atoms with Crippen molar-refractivity contribution in [3.8, 4) is 0 Å². The first-order chi connectivity index (χ1) is 4.13. The van der Waals surface area contributed by atoms with Crippen molar-refractivity contribution < 1.29 is 0 Å². The van der Waals surface area contributed by atoms with Gasteiger partial charge in [0.2, 0.25) is 0 Å². The minimum Gasteiger partial charge on any atom is -0.133 e. The van der Waals surface area contributed by atoms with Crippen molar-refractivity contribution in [3.63, 3.8) is 0 Å². The van der Waals surface area contributed by atoms with Crippen LogP contribution in [-0.4, -0.2) is 7.85 Å². The Bertz CT molecular complexity index is 209. The molecule has 0 fully saturated rings. The molecule has 0 N–H and O–H groups in total. The highest BCUT2D eigenvalue weighted by Crippen LogP contribution is 2.26. The smallest absolute Gasteiger partial charge is 0.133 e. The van der Waals surface area contributed by atoms with Gasteiger partial charge in [-0.2, -0.15) is 0 Å². The summed E-state index contributed by atoms with van der Waals surface area (Å²) in [6, 6.07) is 0. The number of hydrogen-bond acceptors (Lipinski definition) is 1. The summed E-state index contributed by atoms with van der Waals surface area (Å²) in [6.07, 6.45) is 0. The fourth-order valence-electron chi connectivity index (χ4n) is 0.606. The Morgan fingerprint density at radius 1 is 1.44 bits per heavy atom. The Morgan fingerprint density at radius 2 is 2.00 bits per heavy atom. The Hall–Kier alpha value is 0.725. The highest BCUT2D eigenvalue weighted by molar-refractivity contribution is 9.11. The molecule has 1 heterocycles. The number of halogens is 2. The lowest BCUT2D eigenvalue weighted by Gasteiger charge is -1.85. The molecule has 9 heavy (non-hydrogen) atoms. The molecule has 1 rings (SSSR count). The van der Waals surface area contributed by atoms with Crippen LogP contribution in [0.1, 0.15) is 4.88 Å². The van der Waals surface area contributed by atoms with E-state index in [1.165, 1.54) is 18.6 Å². The van der Waals surface area contributed by atoms with Gasteiger partial charge in [-0.25, -0.2) is 0 Å². The zero-order chi connectivity index (χ0) is 7.02. The van der Waals surface area contributed by atoms with Crippen LogP contribution in [0.25, 0.3) is 0 Å². The predicted octanol–water partition coefficient (Wildman–Crippen LogP) is 1.84. The Balaban J connectivity index is 3.29. The zero-order valence-corrected chi connectivity index (χ0v) is 9.15. The van der Waals surface area contributed by atoms with E-state index in [0.29, 0.717) is 0 Å². The first-order valence-electron chi connectivity index (χ1n) is 2.54. The minimum atomic E-state index is 1.23. The summed E-state index contributed by atoms with van der Waals surface area (Å²) in [4.78, 5) is 1.33. The minimum absolute atomic E-state index is 1.23. The van der Waals surface area contributed by atoms with Gasteiger partial charge in [0, 0.05) is 9.35 Å². The average Bonchev–Trinajstić information content (AvgIpc) is 1.98. The molecular formula is C5H5BBr2S. The third kappa shape index (κ3) is 1.41. The fourth-order valence-corrected chi connectivity index (χ4v) is 3.14. The number of hydrogen-bond donors (Lipinski definition) is 0. The number of rotatable bonds is 0. The summed E-state index contributed by atoms with van der Waals surface area (Å²) >= 11 is 8.70. The molecular weight excluding hydrogens is 263 g/mol. The molecule has 48 valence electrons. The molecule has 0 atom stereocenters. The van der Waals surface area contributed by atoms with Gasteiger partial charge in [-0.05, 0) is 22.9 Å². The second-order valence-electron chi connectivity index (χ2n) is 1.87. The fraction of sp³-hybridized carbons (Fsp3) is 0.200. The van der Waals surface area contributed by atoms with Crippen molar-refractivity contribution in [1.29, 1.82) is 0 Å². The van der Waals surface area contributed by atoms with E-state index in [1.807, 2.05) is 0 Å². The molecule has 0 unspecified atom stereocenters. The maximum atomic E-state index is 3.48. The van der Waals surface area contributed by atoms with E-state index >= 15 is 0 Å². The lowest BCUT2D eigenvalue weighted by atomic mass is 10.0. The summed E-state index contributed by atoms with van der Waals surface area (Å²) in [6.45, 7) is 2.10. The van der Waals surface area contributed by atoms with Crippen LogP contribution in [0.3, 0.4) is 0 Å². The summed E-state index contributed by atoms with van der Waals surface area (Å²) < 4.78 is 2.46. The van der Waals surface area contributed by atoms with Crippen LogP contribution in [0.15, 0.2) is 8.26 Å². The van der Waals surface area contributed by atoms with Gasteiger partial charge in [-0.3, -0.25) is 0 Å². The summed E-state index contributed by atoms with van der Waals surface area (Å²) in [5.41, 5.74) is 1.30. The van der Waals surface area contributed by atoms with Crippen LogP contribution in [-0.2, 0) is 0 Å². The molecule has 1 aromatic heterocycles. The molecule has 0 amide bonds. The molecule has 1 aromatic rings. The first-order valence-corrected chi connectivity index (χ1v) is 4.94. The Kier molecular flexibility index (Phi) is 2.40. The van der Waals surface area contributed by atoms with Gasteiger partial charge in [0.15, 0.2) is 0 Å². The molecule has 0 aliphatic carbocycles. The van der Waals surface area contributed by atoms with E-state index in [4.69, 9.17) is 0 Å². The van der Waals surface area contributed by atoms with E-state index in [1.54, 1.807) is 11.3 Å². The van der Waals surface area contributed by atoms with Gasteiger partial charge in [-0.15, -0.1) is 11.3 Å². The first kappa shape index (κ1) is 7.83. The second kappa shape index (κ2) is 2.76. The Morgan fingerprint density at radius 3 is 2.11 bits per heavy atom. The zero-order valence-electron chi connectivity index (χ0n) is 5.16. The largest absolute Gasteiger partial charge is 0.143 e. The van der Waals surface area contributed by atoms with Gasteiger partial charge in [0.05, 0.1) is 3.79 Å². The van der Waals surface area contributed by atoms with Crippen molar-refractivity contribution in [2.45, 2.75) is 6.92 Å². The van der Waals surface area contributed by atoms with Gasteiger partial charge < -0.3 is 0 Å². The van der Waals surface area contributed by atoms with Crippen molar-refractivity contribution in [3.05, 3.63) is 13.1 Å². The topological polar surface area (TPSA) is 0 Å². The lowest BCUT2D eigenvalue weighted by Crippen LogP contribution is -2.00. The SMILES string of the molecule is Bc1c(Br)sc(C)c1Br. The normalized spacial score (nSPS) is 10.1. The molecule has 0 spiro atoms. The van der Waals surface area contributed by atoms with Crippen LogP contribution in [0.2, 0.25) is 0 Å². The van der Waals surface area contributed by atoms with E-state index in [0.717, 1.165) is 0 Å². The molecule has 0 aromatic carbocycles. The van der Waals surface area contributed by atoms with Crippen LogP contribution >= 0.6 is 43.2 Å². The van der Waals surface area contributed by atoms with Gasteiger partial charge in [0.25, 0.3) is 0 Å². The second-order valence-corrected chi connectivity index (χ2v) is 5.21.